The van der Waals surface area contributed by atoms with Gasteiger partial charge in [-0.25, -0.2) is 0 Å². The standard InChI is InChI=1S/C25H30N4O5S/c1-16-6-7-21(29-14-23(15-29)34-35(5,31)32)11-24(16)25(30)27-17(2)18-8-19(10-22(9-18)33-4)20-12-26-28(3)13-20/h6-13,17,23H,14-15H2,1-5H3,(H,27,30)/t17-/m1/s1. The fraction of sp³-hybridized carbons (Fsp3) is 0.360. The van der Waals surface area contributed by atoms with E-state index < -0.39 is 10.1 Å². The van der Waals surface area contributed by atoms with E-state index in [9.17, 15) is 13.2 Å². The van der Waals surface area contributed by atoms with Crippen molar-refractivity contribution in [1.29, 1.82) is 0 Å². The molecule has 2 heterocycles. The largest absolute Gasteiger partial charge is 0.497 e. The van der Waals surface area contributed by atoms with Crippen LogP contribution < -0.4 is 15.0 Å². The molecule has 2 aromatic carbocycles. The number of nitrogens with one attached hydrogen (secondary N) is 1. The van der Waals surface area contributed by atoms with Crippen molar-refractivity contribution in [3.05, 3.63) is 65.5 Å². The van der Waals surface area contributed by atoms with Gasteiger partial charge in [-0.05, 0) is 60.9 Å². The lowest BCUT2D eigenvalue weighted by Gasteiger charge is -2.40. The molecule has 0 spiro atoms. The summed E-state index contributed by atoms with van der Waals surface area (Å²) >= 11 is 0. The summed E-state index contributed by atoms with van der Waals surface area (Å²) < 4.78 is 34.9. The van der Waals surface area contributed by atoms with E-state index in [1.54, 1.807) is 18.0 Å². The Hall–Kier alpha value is -3.37. The van der Waals surface area contributed by atoms with E-state index >= 15 is 0 Å². The molecule has 0 unspecified atom stereocenters. The van der Waals surface area contributed by atoms with Crippen molar-refractivity contribution in [3.63, 3.8) is 0 Å². The molecule has 10 heteroatoms. The van der Waals surface area contributed by atoms with Gasteiger partial charge in [0.25, 0.3) is 16.0 Å². The monoisotopic (exact) mass is 498 g/mol. The van der Waals surface area contributed by atoms with Gasteiger partial charge >= 0.3 is 0 Å². The summed E-state index contributed by atoms with van der Waals surface area (Å²) in [5.74, 6) is 0.510. The number of hydrogen-bond acceptors (Lipinski definition) is 7. The van der Waals surface area contributed by atoms with Gasteiger partial charge in [0.2, 0.25) is 0 Å². The first-order chi connectivity index (χ1) is 16.5. The number of carbonyl (C=O) groups is 1. The molecule has 9 nitrogen and oxygen atoms in total. The second-order valence-electron chi connectivity index (χ2n) is 8.92. The van der Waals surface area contributed by atoms with Gasteiger partial charge in [-0.1, -0.05) is 6.07 Å². The molecule has 1 amide bonds. The van der Waals surface area contributed by atoms with Gasteiger partial charge in [-0.3, -0.25) is 13.7 Å². The Bertz CT molecular complexity index is 1350. The smallest absolute Gasteiger partial charge is 0.264 e. The zero-order valence-corrected chi connectivity index (χ0v) is 21.3. The molecule has 4 rings (SSSR count). The van der Waals surface area contributed by atoms with Crippen molar-refractivity contribution < 1.29 is 22.1 Å². The van der Waals surface area contributed by atoms with Crippen LogP contribution in [0, 0.1) is 6.92 Å². The van der Waals surface area contributed by atoms with E-state index in [-0.39, 0.29) is 18.1 Å². The first-order valence-electron chi connectivity index (χ1n) is 11.2. The molecule has 35 heavy (non-hydrogen) atoms. The number of aryl methyl sites for hydroxylation is 2. The maximum absolute atomic E-state index is 13.2. The average Bonchev–Trinajstić information content (AvgIpc) is 3.21. The quantitative estimate of drug-likeness (QED) is 0.476. The zero-order valence-electron chi connectivity index (χ0n) is 20.5. The van der Waals surface area contributed by atoms with Crippen LogP contribution in [0.4, 0.5) is 5.69 Å². The minimum Gasteiger partial charge on any atom is -0.497 e. The Labute approximate surface area is 205 Å². The van der Waals surface area contributed by atoms with Crippen LogP contribution in [0.1, 0.15) is 34.5 Å². The van der Waals surface area contributed by atoms with Crippen LogP contribution in [0.3, 0.4) is 0 Å². The van der Waals surface area contributed by atoms with Crippen LogP contribution in [-0.2, 0) is 21.3 Å². The molecule has 1 atom stereocenters. The molecule has 0 radical (unpaired) electrons. The highest BCUT2D eigenvalue weighted by atomic mass is 32.2. The predicted molar refractivity (Wildman–Crippen MR) is 134 cm³/mol. The van der Waals surface area contributed by atoms with Crippen LogP contribution in [-0.4, -0.2) is 56.7 Å². The average molecular weight is 499 g/mol. The minimum absolute atomic E-state index is 0.188. The molecule has 0 aliphatic carbocycles. The van der Waals surface area contributed by atoms with Gasteiger partial charge in [-0.2, -0.15) is 13.5 Å². The van der Waals surface area contributed by atoms with E-state index in [0.717, 1.165) is 34.2 Å². The molecule has 3 aromatic rings. The summed E-state index contributed by atoms with van der Waals surface area (Å²) in [6.07, 6.45) is 4.40. The van der Waals surface area contributed by atoms with Crippen LogP contribution in [0.2, 0.25) is 0 Å². The fourth-order valence-corrected chi connectivity index (χ4v) is 4.71. The van der Waals surface area contributed by atoms with Crippen molar-refractivity contribution in [2.24, 2.45) is 7.05 Å². The number of rotatable bonds is 8. The zero-order chi connectivity index (χ0) is 25.3. The van der Waals surface area contributed by atoms with Crippen molar-refractivity contribution in [3.8, 4) is 16.9 Å². The molecule has 1 fully saturated rings. The Morgan fingerprint density at radius 1 is 1.17 bits per heavy atom. The lowest BCUT2D eigenvalue weighted by atomic mass is 10.00. The molecule has 0 saturated carbocycles. The Morgan fingerprint density at radius 2 is 1.91 bits per heavy atom. The number of ether oxygens (including phenoxy) is 1. The SMILES string of the molecule is COc1cc(-c2cnn(C)c2)cc([C@@H](C)NC(=O)c2cc(N3CC(OS(C)(=O)=O)C3)ccc2C)c1. The molecule has 1 aromatic heterocycles. The Kier molecular flexibility index (Phi) is 6.86. The van der Waals surface area contributed by atoms with E-state index in [0.29, 0.717) is 24.4 Å². The van der Waals surface area contributed by atoms with E-state index in [1.807, 2.05) is 68.4 Å². The molecule has 0 bridgehead atoms. The maximum atomic E-state index is 13.2. The van der Waals surface area contributed by atoms with Crippen molar-refractivity contribution in [1.82, 2.24) is 15.1 Å². The predicted octanol–water partition coefficient (Wildman–Crippen LogP) is 3.06. The van der Waals surface area contributed by atoms with Gasteiger partial charge in [0.05, 0.1) is 25.6 Å². The number of benzene rings is 2. The van der Waals surface area contributed by atoms with Crippen LogP contribution in [0.5, 0.6) is 5.75 Å². The molecule has 1 saturated heterocycles. The third-order valence-corrected chi connectivity index (χ3v) is 6.66. The molecule has 1 aliphatic rings. The van der Waals surface area contributed by atoms with Gasteiger partial charge in [0.1, 0.15) is 11.9 Å². The molecule has 1 N–H and O–H groups in total. The van der Waals surface area contributed by atoms with E-state index in [2.05, 4.69) is 10.4 Å². The summed E-state index contributed by atoms with van der Waals surface area (Å²) in [6, 6.07) is 11.3. The van der Waals surface area contributed by atoms with Crippen LogP contribution >= 0.6 is 0 Å². The number of hydrogen-bond donors (Lipinski definition) is 1. The third kappa shape index (κ3) is 5.83. The molecule has 186 valence electrons. The number of carbonyl (C=O) groups excluding carboxylic acids is 1. The lowest BCUT2D eigenvalue weighted by molar-refractivity contribution is 0.0939. The van der Waals surface area contributed by atoms with Gasteiger partial charge in [-0.15, -0.1) is 0 Å². The topological polar surface area (TPSA) is 103 Å². The summed E-state index contributed by atoms with van der Waals surface area (Å²) in [4.78, 5) is 15.2. The van der Waals surface area contributed by atoms with Crippen molar-refractivity contribution in [2.45, 2.75) is 26.0 Å². The lowest BCUT2D eigenvalue weighted by Crippen LogP contribution is -2.53. The Morgan fingerprint density at radius 3 is 2.54 bits per heavy atom. The third-order valence-electron chi connectivity index (χ3n) is 6.04. The highest BCUT2D eigenvalue weighted by Gasteiger charge is 2.31. The Balaban J connectivity index is 1.49. The number of anilines is 1. The first kappa shape index (κ1) is 24.7. The second-order valence-corrected chi connectivity index (χ2v) is 10.5. The minimum atomic E-state index is -3.49. The number of methoxy groups -OCH3 is 1. The number of amides is 1. The number of aromatic nitrogens is 2. The summed E-state index contributed by atoms with van der Waals surface area (Å²) in [7, 11) is -0.00656. The van der Waals surface area contributed by atoms with Crippen LogP contribution in [0.15, 0.2) is 48.8 Å². The van der Waals surface area contributed by atoms with E-state index in [1.165, 1.54) is 0 Å². The molecule has 1 aliphatic heterocycles. The highest BCUT2D eigenvalue weighted by molar-refractivity contribution is 7.86. The fourth-order valence-electron chi connectivity index (χ4n) is 4.09. The second kappa shape index (κ2) is 9.71. The van der Waals surface area contributed by atoms with Crippen molar-refractivity contribution >= 4 is 21.7 Å². The highest BCUT2D eigenvalue weighted by Crippen LogP contribution is 2.30. The number of nitrogens with zero attached hydrogens (tertiary/aromatic N) is 3. The van der Waals surface area contributed by atoms with Gasteiger partial charge < -0.3 is 15.0 Å². The van der Waals surface area contributed by atoms with Gasteiger partial charge in [0.15, 0.2) is 0 Å². The summed E-state index contributed by atoms with van der Waals surface area (Å²) in [5.41, 5.74) is 5.09. The van der Waals surface area contributed by atoms with Crippen LogP contribution in [0.25, 0.3) is 11.1 Å². The first-order valence-corrected chi connectivity index (χ1v) is 13.1. The molecular weight excluding hydrogens is 468 g/mol. The normalized spacial score (nSPS) is 14.9. The van der Waals surface area contributed by atoms with Gasteiger partial charge in [0, 0.05) is 43.1 Å². The van der Waals surface area contributed by atoms with Crippen molar-refractivity contribution in [2.75, 3.05) is 31.4 Å². The maximum Gasteiger partial charge on any atom is 0.264 e. The van der Waals surface area contributed by atoms with E-state index in [4.69, 9.17) is 8.92 Å². The molecular formula is C25H30N4O5S. The summed E-state index contributed by atoms with van der Waals surface area (Å²) in [5, 5.41) is 7.33. The summed E-state index contributed by atoms with van der Waals surface area (Å²) in [6.45, 7) is 4.73.